The standard InChI is InChI=1S/C17H14N6O5/c1-9(24)15(22-21-10-2-5-12(6-3-10)23(27)28)16(25)18-11-4-7-13-14(8-11)20-17(26)19-13/h2-8,24H,1H3,(H,18,25)(H2,19,20,26)/b15-9+,22-21?. The van der Waals surface area contributed by atoms with Crippen LogP contribution in [0.2, 0.25) is 0 Å². The summed E-state index contributed by atoms with van der Waals surface area (Å²) in [6, 6.07) is 9.94. The molecule has 3 rings (SSSR count). The number of hydrogen-bond acceptors (Lipinski definition) is 7. The zero-order valence-electron chi connectivity index (χ0n) is 14.5. The number of H-pyrrole nitrogens is 2. The number of carbonyl (C=O) groups excluding carboxylic acids is 1. The zero-order chi connectivity index (χ0) is 20.3. The van der Waals surface area contributed by atoms with E-state index in [9.17, 15) is 24.8 Å². The van der Waals surface area contributed by atoms with Gasteiger partial charge in [-0.1, -0.05) is 0 Å². The molecule has 1 aromatic heterocycles. The van der Waals surface area contributed by atoms with Crippen molar-refractivity contribution in [1.29, 1.82) is 0 Å². The molecule has 0 saturated carbocycles. The maximum Gasteiger partial charge on any atom is 0.323 e. The lowest BCUT2D eigenvalue weighted by Crippen LogP contribution is -2.14. The predicted molar refractivity (Wildman–Crippen MR) is 100 cm³/mol. The van der Waals surface area contributed by atoms with Crippen LogP contribution in [-0.4, -0.2) is 25.9 Å². The highest BCUT2D eigenvalue weighted by Crippen LogP contribution is 2.20. The van der Waals surface area contributed by atoms with Crippen LogP contribution in [0.4, 0.5) is 17.1 Å². The van der Waals surface area contributed by atoms with Crippen LogP contribution in [-0.2, 0) is 4.79 Å². The molecule has 1 amide bonds. The molecule has 1 heterocycles. The van der Waals surface area contributed by atoms with E-state index in [1.54, 1.807) is 18.2 Å². The number of non-ortho nitro benzene ring substituents is 1. The summed E-state index contributed by atoms with van der Waals surface area (Å²) in [5.41, 5.74) is 0.907. The minimum atomic E-state index is -0.720. The van der Waals surface area contributed by atoms with Gasteiger partial charge in [0.1, 0.15) is 5.76 Å². The summed E-state index contributed by atoms with van der Waals surface area (Å²) in [4.78, 5) is 39.0. The van der Waals surface area contributed by atoms with E-state index < -0.39 is 10.8 Å². The summed E-state index contributed by atoms with van der Waals surface area (Å²) in [7, 11) is 0. The summed E-state index contributed by atoms with van der Waals surface area (Å²) in [6.45, 7) is 1.27. The molecule has 0 unspecified atom stereocenters. The Kier molecular flexibility index (Phi) is 4.98. The molecule has 0 aliphatic rings. The molecule has 11 nitrogen and oxygen atoms in total. The maximum absolute atomic E-state index is 12.4. The second-order valence-corrected chi connectivity index (χ2v) is 5.70. The number of nitrogens with one attached hydrogen (secondary N) is 3. The third-order valence-corrected chi connectivity index (χ3v) is 3.66. The molecule has 142 valence electrons. The van der Waals surface area contributed by atoms with E-state index in [2.05, 4.69) is 25.5 Å². The van der Waals surface area contributed by atoms with E-state index in [0.717, 1.165) is 0 Å². The SMILES string of the molecule is C/C(O)=C(\N=Nc1ccc([N+](=O)[O-])cc1)C(=O)Nc1ccc2[nH]c(=O)[nH]c2c1. The molecule has 0 aliphatic carbocycles. The van der Waals surface area contributed by atoms with Crippen LogP contribution in [0.5, 0.6) is 0 Å². The van der Waals surface area contributed by atoms with Gasteiger partial charge in [0.2, 0.25) is 0 Å². The largest absolute Gasteiger partial charge is 0.510 e. The van der Waals surface area contributed by atoms with Crippen molar-refractivity contribution in [2.24, 2.45) is 10.2 Å². The number of aromatic nitrogens is 2. The van der Waals surface area contributed by atoms with Crippen LogP contribution < -0.4 is 11.0 Å². The molecule has 0 spiro atoms. The third-order valence-electron chi connectivity index (χ3n) is 3.66. The molecular weight excluding hydrogens is 368 g/mol. The van der Waals surface area contributed by atoms with E-state index in [0.29, 0.717) is 16.7 Å². The highest BCUT2D eigenvalue weighted by atomic mass is 16.6. The summed E-state index contributed by atoms with van der Waals surface area (Å²) in [5, 5.41) is 30.5. The van der Waals surface area contributed by atoms with E-state index >= 15 is 0 Å². The van der Waals surface area contributed by atoms with Crippen molar-refractivity contribution in [2.45, 2.75) is 6.92 Å². The number of aromatic amines is 2. The van der Waals surface area contributed by atoms with Crippen LogP contribution in [0.15, 0.2) is 68.9 Å². The van der Waals surface area contributed by atoms with E-state index in [4.69, 9.17) is 0 Å². The number of imidazole rings is 1. The predicted octanol–water partition coefficient (Wildman–Crippen LogP) is 3.28. The number of anilines is 1. The van der Waals surface area contributed by atoms with Gasteiger partial charge in [0.05, 0.1) is 21.6 Å². The van der Waals surface area contributed by atoms with Crippen LogP contribution in [0.1, 0.15) is 6.92 Å². The van der Waals surface area contributed by atoms with Crippen LogP contribution in [0.25, 0.3) is 11.0 Å². The first-order chi connectivity index (χ1) is 13.3. The topological polar surface area (TPSA) is 166 Å². The molecule has 28 heavy (non-hydrogen) atoms. The second kappa shape index (κ2) is 7.53. The number of rotatable bonds is 5. The fourth-order valence-corrected chi connectivity index (χ4v) is 2.33. The van der Waals surface area contributed by atoms with Gasteiger partial charge in [-0.15, -0.1) is 5.11 Å². The molecule has 2 aromatic carbocycles. The second-order valence-electron chi connectivity index (χ2n) is 5.70. The molecule has 0 saturated heterocycles. The van der Waals surface area contributed by atoms with Crippen LogP contribution in [0.3, 0.4) is 0 Å². The van der Waals surface area contributed by atoms with Crippen molar-refractivity contribution in [3.63, 3.8) is 0 Å². The number of aliphatic hydroxyl groups excluding tert-OH is 1. The molecule has 0 aliphatic heterocycles. The number of hydrogen-bond donors (Lipinski definition) is 4. The molecule has 11 heteroatoms. The zero-order valence-corrected chi connectivity index (χ0v) is 14.5. The van der Waals surface area contributed by atoms with Crippen LogP contribution >= 0.6 is 0 Å². The first-order valence-electron chi connectivity index (χ1n) is 7.93. The van der Waals surface area contributed by atoms with Gasteiger partial charge in [-0.05, 0) is 37.3 Å². The number of fused-ring (bicyclic) bond motifs is 1. The first-order valence-corrected chi connectivity index (χ1v) is 7.93. The van der Waals surface area contributed by atoms with Crippen molar-refractivity contribution in [2.75, 3.05) is 5.32 Å². The van der Waals surface area contributed by atoms with Gasteiger partial charge in [0.25, 0.3) is 11.6 Å². The molecule has 4 N–H and O–H groups in total. The Morgan fingerprint density at radius 1 is 1.14 bits per heavy atom. The number of benzene rings is 2. The van der Waals surface area contributed by atoms with Crippen molar-refractivity contribution in [3.05, 3.63) is 74.5 Å². The minimum Gasteiger partial charge on any atom is -0.510 e. The van der Waals surface area contributed by atoms with Gasteiger partial charge in [-0.3, -0.25) is 14.9 Å². The monoisotopic (exact) mass is 382 g/mol. The van der Waals surface area contributed by atoms with Crippen molar-refractivity contribution in [3.8, 4) is 0 Å². The van der Waals surface area contributed by atoms with E-state index in [-0.39, 0.29) is 28.5 Å². The Bertz CT molecular complexity index is 1170. The molecule has 0 atom stereocenters. The maximum atomic E-state index is 12.4. The number of allylic oxidation sites excluding steroid dienone is 1. The van der Waals surface area contributed by atoms with E-state index in [1.807, 2.05) is 0 Å². The first kappa shape index (κ1) is 18.5. The van der Waals surface area contributed by atoms with Gasteiger partial charge in [-0.25, -0.2) is 4.79 Å². The summed E-state index contributed by atoms with van der Waals surface area (Å²) < 4.78 is 0. The molecular formula is C17H14N6O5. The third kappa shape index (κ3) is 4.09. The lowest BCUT2D eigenvalue weighted by molar-refractivity contribution is -0.384. The van der Waals surface area contributed by atoms with Gasteiger partial charge in [0, 0.05) is 17.8 Å². The van der Waals surface area contributed by atoms with Crippen molar-refractivity contribution < 1.29 is 14.8 Å². The smallest absolute Gasteiger partial charge is 0.323 e. The Labute approximate surface area is 156 Å². The van der Waals surface area contributed by atoms with Gasteiger partial charge >= 0.3 is 5.69 Å². The number of carbonyl (C=O) groups is 1. The number of amides is 1. The van der Waals surface area contributed by atoms with E-state index in [1.165, 1.54) is 31.2 Å². The van der Waals surface area contributed by atoms with Gasteiger partial charge in [-0.2, -0.15) is 5.11 Å². The lowest BCUT2D eigenvalue weighted by Gasteiger charge is -2.06. The fraction of sp³-hybridized carbons (Fsp3) is 0.0588. The Hall–Kier alpha value is -4.28. The van der Waals surface area contributed by atoms with Crippen molar-refractivity contribution >= 4 is 34.0 Å². The molecule has 3 aromatic rings. The summed E-state index contributed by atoms with van der Waals surface area (Å²) in [5.74, 6) is -1.08. The van der Waals surface area contributed by atoms with Gasteiger partial charge in [0.15, 0.2) is 5.70 Å². The Morgan fingerprint density at radius 2 is 1.82 bits per heavy atom. The fourth-order valence-electron chi connectivity index (χ4n) is 2.33. The highest BCUT2D eigenvalue weighted by Gasteiger charge is 2.14. The highest BCUT2D eigenvalue weighted by molar-refractivity contribution is 6.04. The normalized spacial score (nSPS) is 12.2. The molecule has 0 fully saturated rings. The Balaban J connectivity index is 1.79. The number of azo groups is 1. The molecule has 0 bridgehead atoms. The number of aliphatic hydroxyl groups is 1. The number of nitrogens with zero attached hydrogens (tertiary/aromatic N) is 3. The van der Waals surface area contributed by atoms with Gasteiger partial charge < -0.3 is 20.4 Å². The quantitative estimate of drug-likeness (QED) is 0.174. The lowest BCUT2D eigenvalue weighted by atomic mass is 10.2. The average Bonchev–Trinajstić information content (AvgIpc) is 3.01. The molecule has 0 radical (unpaired) electrons. The van der Waals surface area contributed by atoms with Crippen molar-refractivity contribution in [1.82, 2.24) is 9.97 Å². The Morgan fingerprint density at radius 3 is 2.46 bits per heavy atom. The number of nitro groups is 1. The summed E-state index contributed by atoms with van der Waals surface area (Å²) >= 11 is 0. The average molecular weight is 382 g/mol. The van der Waals surface area contributed by atoms with Crippen LogP contribution in [0, 0.1) is 10.1 Å². The minimum absolute atomic E-state index is 0.107. The summed E-state index contributed by atoms with van der Waals surface area (Å²) in [6.07, 6.45) is 0. The number of nitro benzene ring substituents is 1.